The van der Waals surface area contributed by atoms with E-state index in [1.165, 1.54) is 24.1 Å². The first-order valence-electron chi connectivity index (χ1n) is 6.88. The molecule has 1 amide bonds. The van der Waals surface area contributed by atoms with Gasteiger partial charge in [0.05, 0.1) is 6.54 Å². The van der Waals surface area contributed by atoms with Gasteiger partial charge in [-0.3, -0.25) is 9.69 Å². The lowest BCUT2D eigenvalue weighted by Crippen LogP contribution is -2.40. The zero-order valence-corrected chi connectivity index (χ0v) is 11.1. The fourth-order valence-corrected chi connectivity index (χ4v) is 2.77. The Morgan fingerprint density at radius 1 is 1.37 bits per heavy atom. The summed E-state index contributed by atoms with van der Waals surface area (Å²) in [5.74, 6) is 0.173. The first kappa shape index (κ1) is 14.0. The number of halogens is 1. The van der Waals surface area contributed by atoms with Crippen LogP contribution in [0.2, 0.25) is 0 Å². The summed E-state index contributed by atoms with van der Waals surface area (Å²) in [5, 5.41) is 0. The Hall–Kier alpha value is -1.42. The third-order valence-electron chi connectivity index (χ3n) is 3.74. The van der Waals surface area contributed by atoms with Crippen molar-refractivity contribution in [2.45, 2.75) is 25.7 Å². The number of hydrogen-bond donors (Lipinski definition) is 1. The quantitative estimate of drug-likeness (QED) is 0.883. The molecule has 19 heavy (non-hydrogen) atoms. The van der Waals surface area contributed by atoms with E-state index in [2.05, 4.69) is 4.90 Å². The Morgan fingerprint density at radius 3 is 2.79 bits per heavy atom. The number of hydrogen-bond acceptors (Lipinski definition) is 2. The molecule has 1 saturated heterocycles. The van der Waals surface area contributed by atoms with Gasteiger partial charge in [0.25, 0.3) is 0 Å². The number of carbonyl (C=O) groups excluding carboxylic acids is 1. The normalized spacial score (nSPS) is 20.4. The molecule has 4 heteroatoms. The number of likely N-dealkylation sites (tertiary alicyclic amines) is 1. The molecule has 1 atom stereocenters. The zero-order valence-electron chi connectivity index (χ0n) is 11.1. The van der Waals surface area contributed by atoms with Gasteiger partial charge in [0.1, 0.15) is 5.82 Å². The number of nitrogens with two attached hydrogens (primary N) is 1. The molecule has 1 aromatic carbocycles. The minimum Gasteiger partial charge on any atom is -0.369 e. The van der Waals surface area contributed by atoms with Crippen molar-refractivity contribution in [2.24, 2.45) is 11.7 Å². The average Bonchev–Trinajstić information content (AvgIpc) is 2.38. The fraction of sp³-hybridized carbons (Fsp3) is 0.533. The van der Waals surface area contributed by atoms with Crippen LogP contribution in [-0.4, -0.2) is 30.4 Å². The first-order valence-corrected chi connectivity index (χ1v) is 6.88. The number of amides is 1. The second-order valence-electron chi connectivity index (χ2n) is 5.37. The number of carbonyl (C=O) groups is 1. The summed E-state index contributed by atoms with van der Waals surface area (Å²) >= 11 is 0. The van der Waals surface area contributed by atoms with E-state index in [0.29, 0.717) is 12.5 Å². The molecule has 0 aliphatic carbocycles. The minimum atomic E-state index is -0.251. The van der Waals surface area contributed by atoms with Gasteiger partial charge in [-0.25, -0.2) is 4.39 Å². The van der Waals surface area contributed by atoms with Crippen LogP contribution >= 0.6 is 0 Å². The highest BCUT2D eigenvalue weighted by Crippen LogP contribution is 2.21. The Bertz CT molecular complexity index is 419. The Labute approximate surface area is 113 Å². The molecular weight excluding hydrogens is 243 g/mol. The lowest BCUT2D eigenvalue weighted by molar-refractivity contribution is -0.119. The standard InChI is InChI=1S/C15H21FN2O/c16-14-7-5-12(6-8-14)3-4-13-2-1-9-18(10-13)11-15(17)19/h5-8,13H,1-4,9-11H2,(H2,17,19)/t13-/m0/s1. The van der Waals surface area contributed by atoms with Crippen LogP contribution in [-0.2, 0) is 11.2 Å². The molecule has 0 radical (unpaired) electrons. The van der Waals surface area contributed by atoms with Crippen LogP contribution in [0.3, 0.4) is 0 Å². The van der Waals surface area contributed by atoms with Gasteiger partial charge in [-0.2, -0.15) is 0 Å². The van der Waals surface area contributed by atoms with Gasteiger partial charge < -0.3 is 5.73 Å². The van der Waals surface area contributed by atoms with E-state index in [9.17, 15) is 9.18 Å². The fourth-order valence-electron chi connectivity index (χ4n) is 2.77. The topological polar surface area (TPSA) is 46.3 Å². The van der Waals surface area contributed by atoms with E-state index < -0.39 is 0 Å². The van der Waals surface area contributed by atoms with Crippen molar-refractivity contribution >= 4 is 5.91 Å². The summed E-state index contributed by atoms with van der Waals surface area (Å²) in [5.41, 5.74) is 6.41. The maximum Gasteiger partial charge on any atom is 0.231 e. The van der Waals surface area contributed by atoms with Gasteiger partial charge in [0, 0.05) is 6.54 Å². The molecular formula is C15H21FN2O. The lowest BCUT2D eigenvalue weighted by atomic mass is 9.91. The van der Waals surface area contributed by atoms with Crippen molar-refractivity contribution in [3.8, 4) is 0 Å². The highest BCUT2D eigenvalue weighted by Gasteiger charge is 2.20. The smallest absolute Gasteiger partial charge is 0.231 e. The zero-order chi connectivity index (χ0) is 13.7. The van der Waals surface area contributed by atoms with Gasteiger partial charge in [-0.05, 0) is 55.8 Å². The monoisotopic (exact) mass is 264 g/mol. The van der Waals surface area contributed by atoms with Crippen LogP contribution in [0.15, 0.2) is 24.3 Å². The van der Waals surface area contributed by atoms with Crippen LogP contribution in [0.1, 0.15) is 24.8 Å². The molecule has 0 saturated carbocycles. The summed E-state index contributed by atoms with van der Waals surface area (Å²) in [6.07, 6.45) is 4.38. The molecule has 1 fully saturated rings. The average molecular weight is 264 g/mol. The summed E-state index contributed by atoms with van der Waals surface area (Å²) in [4.78, 5) is 13.1. The molecule has 1 heterocycles. The maximum absolute atomic E-state index is 12.8. The first-order chi connectivity index (χ1) is 9.13. The summed E-state index contributed by atoms with van der Waals surface area (Å²) < 4.78 is 12.8. The van der Waals surface area contributed by atoms with Crippen LogP contribution < -0.4 is 5.73 Å². The number of aryl methyl sites for hydroxylation is 1. The van der Waals surface area contributed by atoms with Crippen LogP contribution in [0.5, 0.6) is 0 Å². The number of rotatable bonds is 5. The lowest BCUT2D eigenvalue weighted by Gasteiger charge is -2.31. The van der Waals surface area contributed by atoms with Gasteiger partial charge in [0.2, 0.25) is 5.91 Å². The van der Waals surface area contributed by atoms with Crippen molar-refractivity contribution in [3.63, 3.8) is 0 Å². The molecule has 0 unspecified atom stereocenters. The highest BCUT2D eigenvalue weighted by atomic mass is 19.1. The molecule has 1 aliphatic rings. The summed E-state index contributed by atoms with van der Waals surface area (Å²) in [7, 11) is 0. The second-order valence-corrected chi connectivity index (χ2v) is 5.37. The molecule has 3 nitrogen and oxygen atoms in total. The van der Waals surface area contributed by atoms with Gasteiger partial charge >= 0.3 is 0 Å². The number of piperidine rings is 1. The summed E-state index contributed by atoms with van der Waals surface area (Å²) in [6.45, 7) is 2.28. The van der Waals surface area contributed by atoms with E-state index in [4.69, 9.17) is 5.73 Å². The molecule has 0 bridgehead atoms. The van der Waals surface area contributed by atoms with E-state index in [-0.39, 0.29) is 11.7 Å². The third kappa shape index (κ3) is 4.63. The maximum atomic E-state index is 12.8. The van der Waals surface area contributed by atoms with Gasteiger partial charge in [0.15, 0.2) is 0 Å². The predicted octanol–water partition coefficient (Wildman–Crippen LogP) is 1.96. The number of benzene rings is 1. The van der Waals surface area contributed by atoms with Crippen LogP contribution in [0.4, 0.5) is 4.39 Å². The molecule has 104 valence electrons. The van der Waals surface area contributed by atoms with Crippen molar-refractivity contribution in [1.29, 1.82) is 0 Å². The van der Waals surface area contributed by atoms with Crippen LogP contribution in [0, 0.1) is 11.7 Å². The molecule has 0 spiro atoms. The SMILES string of the molecule is NC(=O)CN1CCC[C@@H](CCc2ccc(F)cc2)C1. The van der Waals surface area contributed by atoms with E-state index in [1.54, 1.807) is 0 Å². The third-order valence-corrected chi connectivity index (χ3v) is 3.74. The van der Waals surface area contributed by atoms with Crippen molar-refractivity contribution in [2.75, 3.05) is 19.6 Å². The van der Waals surface area contributed by atoms with E-state index >= 15 is 0 Å². The molecule has 2 rings (SSSR count). The van der Waals surface area contributed by atoms with Gasteiger partial charge in [-0.15, -0.1) is 0 Å². The van der Waals surface area contributed by atoms with Crippen molar-refractivity contribution in [1.82, 2.24) is 4.90 Å². The van der Waals surface area contributed by atoms with Crippen molar-refractivity contribution in [3.05, 3.63) is 35.6 Å². The van der Waals surface area contributed by atoms with E-state index in [1.807, 2.05) is 12.1 Å². The summed E-state index contributed by atoms with van der Waals surface area (Å²) in [6, 6.07) is 6.71. The highest BCUT2D eigenvalue weighted by molar-refractivity contribution is 5.75. The molecule has 1 aromatic rings. The Morgan fingerprint density at radius 2 is 2.11 bits per heavy atom. The predicted molar refractivity (Wildman–Crippen MR) is 73.1 cm³/mol. The largest absolute Gasteiger partial charge is 0.369 e. The van der Waals surface area contributed by atoms with Crippen molar-refractivity contribution < 1.29 is 9.18 Å². The molecule has 1 aliphatic heterocycles. The van der Waals surface area contributed by atoms with E-state index in [0.717, 1.165) is 32.4 Å². The number of primary amides is 1. The van der Waals surface area contributed by atoms with Gasteiger partial charge in [-0.1, -0.05) is 12.1 Å². The van der Waals surface area contributed by atoms with Crippen LogP contribution in [0.25, 0.3) is 0 Å². The Kier molecular flexibility index (Phi) is 4.91. The second kappa shape index (κ2) is 6.66. The molecule has 0 aromatic heterocycles. The molecule has 2 N–H and O–H groups in total. The minimum absolute atomic E-state index is 0.186. The Balaban J connectivity index is 1.79. The number of nitrogens with zero attached hydrogens (tertiary/aromatic N) is 1.